The molecule has 1 aliphatic heterocycles. The number of hydrogen-bond donors (Lipinski definition) is 4. The molecule has 2 aliphatic rings. The van der Waals surface area contributed by atoms with Gasteiger partial charge in [-0.1, -0.05) is 0 Å². The molecule has 6 nitrogen and oxygen atoms in total. The third kappa shape index (κ3) is 5.03. The summed E-state index contributed by atoms with van der Waals surface area (Å²) in [7, 11) is 1.68. The standard InChI is InChI=1S/C24H31FN4O2S/c1-24(32)28-22(16-3-5-18(25)6-4-16)23(29(24)13-14-31-2)17-11-12-26-21(15-17)27-19-7-9-20(30)10-8-19/h3-6,11-12,15,19-20,28,30,32H,7-10,13-14H2,1-2H3,(H,26,27). The molecule has 1 aromatic carbocycles. The average Bonchev–Trinajstić information content (AvgIpc) is 3.05. The van der Waals surface area contributed by atoms with Gasteiger partial charge in [0.05, 0.1) is 24.1 Å². The van der Waals surface area contributed by atoms with E-state index in [1.165, 1.54) is 12.1 Å². The molecule has 1 saturated carbocycles. The molecule has 0 amide bonds. The van der Waals surface area contributed by atoms with Gasteiger partial charge in [-0.2, -0.15) is 0 Å². The number of methoxy groups -OCH3 is 1. The molecule has 0 radical (unpaired) electrons. The number of thiol groups is 1. The number of halogens is 1. The molecule has 1 fully saturated rings. The summed E-state index contributed by atoms with van der Waals surface area (Å²) in [5.74, 6) is 0.529. The maximum atomic E-state index is 13.6. The lowest BCUT2D eigenvalue weighted by Crippen LogP contribution is -2.46. The Labute approximate surface area is 194 Å². The number of hydrogen-bond acceptors (Lipinski definition) is 7. The first-order valence-corrected chi connectivity index (χ1v) is 11.5. The van der Waals surface area contributed by atoms with E-state index >= 15 is 0 Å². The second-order valence-electron chi connectivity index (χ2n) is 8.60. The van der Waals surface area contributed by atoms with Crippen molar-refractivity contribution >= 4 is 29.8 Å². The van der Waals surface area contributed by atoms with Crippen LogP contribution in [0.25, 0.3) is 11.4 Å². The van der Waals surface area contributed by atoms with E-state index in [0.717, 1.165) is 54.0 Å². The number of aromatic nitrogens is 1. The molecule has 3 N–H and O–H groups in total. The number of ether oxygens (including phenoxy) is 1. The van der Waals surface area contributed by atoms with E-state index in [1.807, 2.05) is 19.1 Å². The Morgan fingerprint density at radius 2 is 1.94 bits per heavy atom. The minimum absolute atomic E-state index is 0.192. The molecule has 1 atom stereocenters. The number of pyridine rings is 1. The predicted octanol–water partition coefficient (Wildman–Crippen LogP) is 3.92. The van der Waals surface area contributed by atoms with E-state index < -0.39 is 4.99 Å². The van der Waals surface area contributed by atoms with Crippen LogP contribution in [0.4, 0.5) is 10.2 Å². The summed E-state index contributed by atoms with van der Waals surface area (Å²) < 4.78 is 18.9. The van der Waals surface area contributed by atoms with Crippen molar-refractivity contribution in [1.82, 2.24) is 15.2 Å². The molecule has 0 spiro atoms. The average molecular weight is 459 g/mol. The van der Waals surface area contributed by atoms with Gasteiger partial charge in [-0.15, -0.1) is 12.6 Å². The molecule has 4 rings (SSSR count). The summed E-state index contributed by atoms with van der Waals surface area (Å²) in [5, 5.41) is 16.8. The number of nitrogens with zero attached hydrogens (tertiary/aromatic N) is 2. The van der Waals surface area contributed by atoms with E-state index in [2.05, 4.69) is 20.5 Å². The molecule has 0 bridgehead atoms. The SMILES string of the molecule is COCCN1C(c2ccnc(NC3CCC(O)CC3)c2)=C(c2ccc(F)cc2)NC1(C)S. The summed E-state index contributed by atoms with van der Waals surface area (Å²) in [6.07, 6.45) is 5.07. The number of aliphatic hydroxyl groups excluding tert-OH is 1. The highest BCUT2D eigenvalue weighted by atomic mass is 32.1. The summed E-state index contributed by atoms with van der Waals surface area (Å²) in [6.45, 7) is 3.17. The van der Waals surface area contributed by atoms with Crippen LogP contribution in [0, 0.1) is 5.82 Å². The lowest BCUT2D eigenvalue weighted by atomic mass is 9.93. The van der Waals surface area contributed by atoms with Gasteiger partial charge in [-0.25, -0.2) is 9.37 Å². The Bertz CT molecular complexity index is 959. The van der Waals surface area contributed by atoms with Crippen LogP contribution in [0.2, 0.25) is 0 Å². The van der Waals surface area contributed by atoms with Crippen molar-refractivity contribution in [1.29, 1.82) is 0 Å². The third-order valence-electron chi connectivity index (χ3n) is 6.13. The zero-order chi connectivity index (χ0) is 22.7. The Hall–Kier alpha value is -2.29. The molecule has 8 heteroatoms. The van der Waals surface area contributed by atoms with E-state index in [1.54, 1.807) is 25.4 Å². The first-order valence-electron chi connectivity index (χ1n) is 11.1. The van der Waals surface area contributed by atoms with Crippen molar-refractivity contribution in [3.05, 3.63) is 59.5 Å². The van der Waals surface area contributed by atoms with Crippen molar-refractivity contribution in [2.75, 3.05) is 25.6 Å². The second kappa shape index (κ2) is 9.68. The normalized spacial score (nSPS) is 25.7. The fraction of sp³-hybridized carbons (Fsp3) is 0.458. The maximum absolute atomic E-state index is 13.6. The summed E-state index contributed by atoms with van der Waals surface area (Å²) in [5.41, 5.74) is 3.72. The Balaban J connectivity index is 1.70. The highest BCUT2D eigenvalue weighted by molar-refractivity contribution is 7.81. The van der Waals surface area contributed by atoms with Crippen LogP contribution < -0.4 is 10.6 Å². The highest BCUT2D eigenvalue weighted by Crippen LogP contribution is 2.41. The minimum atomic E-state index is -0.645. The van der Waals surface area contributed by atoms with Gasteiger partial charge in [0.1, 0.15) is 11.6 Å². The zero-order valence-electron chi connectivity index (χ0n) is 18.5. The monoisotopic (exact) mass is 458 g/mol. The van der Waals surface area contributed by atoms with Crippen LogP contribution in [-0.4, -0.2) is 52.4 Å². The predicted molar refractivity (Wildman–Crippen MR) is 128 cm³/mol. The number of benzene rings is 1. The van der Waals surface area contributed by atoms with Crippen molar-refractivity contribution in [3.8, 4) is 0 Å². The van der Waals surface area contributed by atoms with Gasteiger partial charge >= 0.3 is 0 Å². The third-order valence-corrected chi connectivity index (χ3v) is 6.48. The van der Waals surface area contributed by atoms with E-state index in [4.69, 9.17) is 17.4 Å². The number of aliphatic hydroxyl groups is 1. The smallest absolute Gasteiger partial charge is 0.153 e. The van der Waals surface area contributed by atoms with Crippen LogP contribution in [0.5, 0.6) is 0 Å². The molecule has 172 valence electrons. The molecule has 1 aliphatic carbocycles. The van der Waals surface area contributed by atoms with Gasteiger partial charge in [0.2, 0.25) is 0 Å². The summed E-state index contributed by atoms with van der Waals surface area (Å²) in [4.78, 5) is 6.04. The van der Waals surface area contributed by atoms with Crippen LogP contribution in [0.15, 0.2) is 42.6 Å². The first-order chi connectivity index (χ1) is 15.4. The van der Waals surface area contributed by atoms with Gasteiger partial charge in [-0.05, 0) is 69.0 Å². The first kappa shape index (κ1) is 22.9. The van der Waals surface area contributed by atoms with Gasteiger partial charge < -0.3 is 25.4 Å². The topological polar surface area (TPSA) is 69.7 Å². The van der Waals surface area contributed by atoms with Gasteiger partial charge in [0.15, 0.2) is 4.99 Å². The maximum Gasteiger partial charge on any atom is 0.153 e. The van der Waals surface area contributed by atoms with Crippen LogP contribution >= 0.6 is 12.6 Å². The number of rotatable bonds is 7. The molecule has 32 heavy (non-hydrogen) atoms. The minimum Gasteiger partial charge on any atom is -0.393 e. The van der Waals surface area contributed by atoms with Crippen molar-refractivity contribution < 1.29 is 14.2 Å². The van der Waals surface area contributed by atoms with E-state index in [9.17, 15) is 9.50 Å². The summed E-state index contributed by atoms with van der Waals surface area (Å²) in [6, 6.07) is 10.8. The molecular weight excluding hydrogens is 427 g/mol. The Kier molecular flexibility index (Phi) is 6.93. The zero-order valence-corrected chi connectivity index (χ0v) is 19.4. The van der Waals surface area contributed by atoms with Crippen LogP contribution in [0.3, 0.4) is 0 Å². The van der Waals surface area contributed by atoms with E-state index in [0.29, 0.717) is 19.2 Å². The van der Waals surface area contributed by atoms with Gasteiger partial charge in [0.25, 0.3) is 0 Å². The van der Waals surface area contributed by atoms with Crippen molar-refractivity contribution in [2.45, 2.75) is 49.7 Å². The molecule has 1 aromatic heterocycles. The molecular formula is C24H31FN4O2S. The lowest BCUT2D eigenvalue weighted by Gasteiger charge is -2.34. The molecule has 1 unspecified atom stereocenters. The van der Waals surface area contributed by atoms with E-state index in [-0.39, 0.29) is 11.9 Å². The van der Waals surface area contributed by atoms with Crippen LogP contribution in [-0.2, 0) is 4.74 Å². The highest BCUT2D eigenvalue weighted by Gasteiger charge is 2.39. The molecule has 2 aromatic rings. The molecule has 0 saturated heterocycles. The van der Waals surface area contributed by atoms with Gasteiger partial charge in [0, 0.05) is 37.0 Å². The summed E-state index contributed by atoms with van der Waals surface area (Å²) >= 11 is 4.89. The van der Waals surface area contributed by atoms with Gasteiger partial charge in [-0.3, -0.25) is 0 Å². The Morgan fingerprint density at radius 1 is 1.22 bits per heavy atom. The fourth-order valence-corrected chi connectivity index (χ4v) is 4.75. The quantitative estimate of drug-likeness (QED) is 0.472. The largest absolute Gasteiger partial charge is 0.393 e. The second-order valence-corrected chi connectivity index (χ2v) is 9.47. The van der Waals surface area contributed by atoms with Crippen LogP contribution in [0.1, 0.15) is 43.7 Å². The van der Waals surface area contributed by atoms with Crippen molar-refractivity contribution in [3.63, 3.8) is 0 Å². The van der Waals surface area contributed by atoms with Crippen molar-refractivity contribution in [2.24, 2.45) is 0 Å². The number of nitrogens with one attached hydrogen (secondary N) is 2. The number of anilines is 1. The Morgan fingerprint density at radius 3 is 2.62 bits per heavy atom. The fourth-order valence-electron chi connectivity index (χ4n) is 4.44. The molecule has 2 heterocycles. The lowest BCUT2D eigenvalue weighted by molar-refractivity contribution is 0.126.